The van der Waals surface area contributed by atoms with Gasteiger partial charge >= 0.3 is 0 Å². The minimum Gasteiger partial charge on any atom is -0.377 e. The highest BCUT2D eigenvalue weighted by atomic mass is 16.5. The van der Waals surface area contributed by atoms with Gasteiger partial charge in [-0.25, -0.2) is 4.98 Å². The molecule has 2 N–H and O–H groups in total. The molecule has 3 atom stereocenters. The van der Waals surface area contributed by atoms with Crippen LogP contribution < -0.4 is 5.32 Å². The van der Waals surface area contributed by atoms with Gasteiger partial charge in [0.15, 0.2) is 0 Å². The number of hydrogen-bond acceptors (Lipinski definition) is 4. The molecule has 0 radical (unpaired) electrons. The Balaban J connectivity index is 1.57. The number of aromatic nitrogens is 2. The molecule has 1 heterocycles. The van der Waals surface area contributed by atoms with Crippen LogP contribution in [0.1, 0.15) is 19.2 Å². The average Bonchev–Trinajstić information content (AvgIpc) is 2.85. The normalized spacial score (nSPS) is 25.8. The third kappa shape index (κ3) is 2.57. The van der Waals surface area contributed by atoms with Crippen molar-refractivity contribution < 1.29 is 9.47 Å². The molecule has 5 nitrogen and oxygen atoms in total. The molecule has 3 unspecified atom stereocenters. The molecule has 1 aromatic carbocycles. The number of benzene rings is 1. The van der Waals surface area contributed by atoms with Crippen LogP contribution in [-0.2, 0) is 16.0 Å². The maximum Gasteiger partial charge on any atom is 0.121 e. The second-order valence-electron chi connectivity index (χ2n) is 5.12. The van der Waals surface area contributed by atoms with E-state index >= 15 is 0 Å². The Hall–Kier alpha value is -1.43. The second-order valence-corrected chi connectivity index (χ2v) is 5.12. The van der Waals surface area contributed by atoms with Gasteiger partial charge in [0.2, 0.25) is 0 Å². The summed E-state index contributed by atoms with van der Waals surface area (Å²) >= 11 is 0. The van der Waals surface area contributed by atoms with Gasteiger partial charge in [-0.15, -0.1) is 0 Å². The minimum atomic E-state index is 0.138. The molecule has 108 valence electrons. The number of rotatable bonds is 6. The topological polar surface area (TPSA) is 59.2 Å². The fourth-order valence-electron chi connectivity index (χ4n) is 2.79. The Morgan fingerprint density at radius 3 is 3.00 bits per heavy atom. The summed E-state index contributed by atoms with van der Waals surface area (Å²) in [6.45, 7) is 3.47. The van der Waals surface area contributed by atoms with Gasteiger partial charge in [-0.3, -0.25) is 0 Å². The van der Waals surface area contributed by atoms with E-state index in [1.54, 1.807) is 7.11 Å². The van der Waals surface area contributed by atoms with Gasteiger partial charge in [-0.05, 0) is 25.5 Å². The van der Waals surface area contributed by atoms with Gasteiger partial charge in [0, 0.05) is 19.8 Å². The zero-order chi connectivity index (χ0) is 13.9. The van der Waals surface area contributed by atoms with Crippen molar-refractivity contribution >= 4 is 11.0 Å². The molecule has 1 aliphatic carbocycles. The minimum absolute atomic E-state index is 0.138. The van der Waals surface area contributed by atoms with Gasteiger partial charge in [-0.1, -0.05) is 12.1 Å². The molecule has 0 bridgehead atoms. The zero-order valence-corrected chi connectivity index (χ0v) is 11.9. The van der Waals surface area contributed by atoms with Crippen LogP contribution in [0.2, 0.25) is 0 Å². The first-order valence-corrected chi connectivity index (χ1v) is 7.13. The summed E-state index contributed by atoms with van der Waals surface area (Å²) in [6.07, 6.45) is 1.35. The number of hydrogen-bond donors (Lipinski definition) is 2. The summed E-state index contributed by atoms with van der Waals surface area (Å²) < 4.78 is 11.1. The summed E-state index contributed by atoms with van der Waals surface area (Å²) in [6, 6.07) is 8.40. The van der Waals surface area contributed by atoms with E-state index in [4.69, 9.17) is 9.47 Å². The Labute approximate surface area is 118 Å². The lowest BCUT2D eigenvalue weighted by Gasteiger charge is -2.43. The number of methoxy groups -OCH3 is 1. The zero-order valence-electron chi connectivity index (χ0n) is 11.9. The van der Waals surface area contributed by atoms with Crippen molar-refractivity contribution in [2.75, 3.05) is 13.7 Å². The molecule has 0 amide bonds. The molecule has 0 aliphatic heterocycles. The van der Waals surface area contributed by atoms with Crippen LogP contribution in [0.3, 0.4) is 0 Å². The molecule has 1 aliphatic rings. The van der Waals surface area contributed by atoms with Crippen LogP contribution in [0.5, 0.6) is 0 Å². The largest absolute Gasteiger partial charge is 0.377 e. The van der Waals surface area contributed by atoms with Crippen LogP contribution in [0.15, 0.2) is 24.3 Å². The molecule has 1 aromatic heterocycles. The average molecular weight is 275 g/mol. The van der Waals surface area contributed by atoms with E-state index in [9.17, 15) is 0 Å². The smallest absolute Gasteiger partial charge is 0.121 e. The van der Waals surface area contributed by atoms with Crippen LogP contribution >= 0.6 is 0 Å². The van der Waals surface area contributed by atoms with Crippen LogP contribution in [0.25, 0.3) is 11.0 Å². The SMILES string of the molecule is CCOC1CC(NCc2nc3ccccc3[nH]2)C1OC. The molecular formula is C15H21N3O2. The van der Waals surface area contributed by atoms with Crippen molar-refractivity contribution in [3.05, 3.63) is 30.1 Å². The second kappa shape index (κ2) is 5.91. The number of para-hydroxylation sites is 2. The monoisotopic (exact) mass is 275 g/mol. The van der Waals surface area contributed by atoms with Crippen molar-refractivity contribution in [3.8, 4) is 0 Å². The van der Waals surface area contributed by atoms with E-state index in [0.717, 1.165) is 36.4 Å². The van der Waals surface area contributed by atoms with Gasteiger partial charge in [0.25, 0.3) is 0 Å². The van der Waals surface area contributed by atoms with Crippen molar-refractivity contribution in [2.24, 2.45) is 0 Å². The van der Waals surface area contributed by atoms with Gasteiger partial charge in [-0.2, -0.15) is 0 Å². The predicted molar refractivity (Wildman–Crippen MR) is 77.5 cm³/mol. The van der Waals surface area contributed by atoms with Gasteiger partial charge in [0.1, 0.15) is 5.82 Å². The van der Waals surface area contributed by atoms with Crippen molar-refractivity contribution in [1.29, 1.82) is 0 Å². The number of nitrogens with zero attached hydrogens (tertiary/aromatic N) is 1. The Kier molecular flexibility index (Phi) is 4.00. The summed E-state index contributed by atoms with van der Waals surface area (Å²) in [5.74, 6) is 0.959. The quantitative estimate of drug-likeness (QED) is 0.844. The van der Waals surface area contributed by atoms with E-state index < -0.39 is 0 Å². The third-order valence-electron chi connectivity index (χ3n) is 3.87. The lowest BCUT2D eigenvalue weighted by Crippen LogP contribution is -2.59. The number of ether oxygens (including phenoxy) is 2. The fourth-order valence-corrected chi connectivity index (χ4v) is 2.79. The van der Waals surface area contributed by atoms with Crippen LogP contribution in [-0.4, -0.2) is 41.9 Å². The van der Waals surface area contributed by atoms with E-state index in [2.05, 4.69) is 15.3 Å². The Morgan fingerprint density at radius 1 is 1.40 bits per heavy atom. The van der Waals surface area contributed by atoms with Crippen LogP contribution in [0, 0.1) is 0 Å². The number of imidazole rings is 1. The van der Waals surface area contributed by atoms with Crippen molar-refractivity contribution in [3.63, 3.8) is 0 Å². The summed E-state index contributed by atoms with van der Waals surface area (Å²) in [7, 11) is 1.74. The molecule has 3 rings (SSSR count). The molecule has 5 heteroatoms. The van der Waals surface area contributed by atoms with E-state index in [1.807, 2.05) is 31.2 Å². The number of H-pyrrole nitrogens is 1. The molecule has 0 spiro atoms. The highest BCUT2D eigenvalue weighted by Crippen LogP contribution is 2.27. The molecule has 20 heavy (non-hydrogen) atoms. The first kappa shape index (κ1) is 13.5. The molecular weight excluding hydrogens is 254 g/mol. The summed E-state index contributed by atoms with van der Waals surface area (Å²) in [5, 5.41) is 3.49. The fraction of sp³-hybridized carbons (Fsp3) is 0.533. The van der Waals surface area contributed by atoms with Crippen LogP contribution in [0.4, 0.5) is 0 Å². The lowest BCUT2D eigenvalue weighted by molar-refractivity contribution is -0.131. The predicted octanol–water partition coefficient (Wildman–Crippen LogP) is 1.84. The van der Waals surface area contributed by atoms with E-state index in [-0.39, 0.29) is 12.2 Å². The Morgan fingerprint density at radius 2 is 2.25 bits per heavy atom. The highest BCUT2D eigenvalue weighted by Gasteiger charge is 2.41. The molecule has 0 saturated heterocycles. The lowest BCUT2D eigenvalue weighted by atomic mass is 9.85. The van der Waals surface area contributed by atoms with Crippen molar-refractivity contribution in [1.82, 2.24) is 15.3 Å². The molecule has 1 saturated carbocycles. The first-order valence-electron chi connectivity index (χ1n) is 7.13. The Bertz CT molecular complexity index is 536. The third-order valence-corrected chi connectivity index (χ3v) is 3.87. The number of fused-ring (bicyclic) bond motifs is 1. The molecule has 1 fully saturated rings. The maximum atomic E-state index is 5.62. The van der Waals surface area contributed by atoms with E-state index in [1.165, 1.54) is 0 Å². The van der Waals surface area contributed by atoms with E-state index in [0.29, 0.717) is 6.04 Å². The molecule has 2 aromatic rings. The van der Waals surface area contributed by atoms with Gasteiger partial charge < -0.3 is 19.8 Å². The summed E-state index contributed by atoms with van der Waals surface area (Å²) in [4.78, 5) is 7.88. The number of aromatic amines is 1. The maximum absolute atomic E-state index is 5.62. The first-order chi connectivity index (χ1) is 9.81. The van der Waals surface area contributed by atoms with Gasteiger partial charge in [0.05, 0.1) is 29.8 Å². The summed E-state index contributed by atoms with van der Waals surface area (Å²) in [5.41, 5.74) is 2.08. The standard InChI is InChI=1S/C15H21N3O2/c1-3-20-13-8-12(15(13)19-2)16-9-14-17-10-6-4-5-7-11(10)18-14/h4-7,12-13,15-16H,3,8-9H2,1-2H3,(H,17,18). The highest BCUT2D eigenvalue weighted by molar-refractivity contribution is 5.74. The van der Waals surface area contributed by atoms with Crippen molar-refractivity contribution in [2.45, 2.75) is 38.1 Å². The number of nitrogens with one attached hydrogen (secondary N) is 2.